The van der Waals surface area contributed by atoms with Gasteiger partial charge in [-0.15, -0.1) is 0 Å². The normalized spacial score (nSPS) is 19.0. The first-order valence-electron chi connectivity index (χ1n) is 6.10. The van der Waals surface area contributed by atoms with Crippen LogP contribution < -0.4 is 0 Å². The van der Waals surface area contributed by atoms with Crippen LogP contribution in [0.1, 0.15) is 31.2 Å². The predicted octanol–water partition coefficient (Wildman–Crippen LogP) is 2.01. The van der Waals surface area contributed by atoms with E-state index >= 15 is 0 Å². The summed E-state index contributed by atoms with van der Waals surface area (Å²) in [6, 6.07) is 6.48. The molecule has 0 atom stereocenters. The molecular weight excluding hydrogens is 252 g/mol. The van der Waals surface area contributed by atoms with Crippen LogP contribution in [0.4, 0.5) is 0 Å². The lowest BCUT2D eigenvalue weighted by Gasteiger charge is -2.21. The summed E-state index contributed by atoms with van der Waals surface area (Å²) in [5.41, 5.74) is 0.0148. The Balaban J connectivity index is 2.05. The second kappa shape index (κ2) is 4.99. The van der Waals surface area contributed by atoms with E-state index in [1.165, 1.54) is 12.1 Å². The maximum atomic E-state index is 11.9. The largest absolute Gasteiger partial charge is 0.387 e. The fourth-order valence-electron chi connectivity index (χ4n) is 2.14. The summed E-state index contributed by atoms with van der Waals surface area (Å²) >= 11 is 0. The molecule has 0 saturated heterocycles. The van der Waals surface area contributed by atoms with Crippen molar-refractivity contribution in [3.05, 3.63) is 29.8 Å². The molecule has 0 amide bonds. The first kappa shape index (κ1) is 13.5. The van der Waals surface area contributed by atoms with E-state index < -0.39 is 15.7 Å². The molecule has 0 aromatic heterocycles. The van der Waals surface area contributed by atoms with Crippen LogP contribution in [0.5, 0.6) is 0 Å². The van der Waals surface area contributed by atoms with Gasteiger partial charge >= 0.3 is 0 Å². The molecule has 18 heavy (non-hydrogen) atoms. The number of aliphatic hydroxyl groups is 1. The van der Waals surface area contributed by atoms with Crippen molar-refractivity contribution in [2.75, 3.05) is 6.61 Å². The van der Waals surface area contributed by atoms with E-state index in [0.717, 1.165) is 18.4 Å². The summed E-state index contributed by atoms with van der Waals surface area (Å²) in [6.45, 7) is 1.74. The maximum Gasteiger partial charge on any atom is 0.297 e. The minimum atomic E-state index is -3.76. The van der Waals surface area contributed by atoms with Crippen molar-refractivity contribution in [1.82, 2.24) is 0 Å². The molecule has 1 aromatic carbocycles. The zero-order valence-corrected chi connectivity index (χ0v) is 11.2. The van der Waals surface area contributed by atoms with Crippen molar-refractivity contribution in [1.29, 1.82) is 0 Å². The van der Waals surface area contributed by atoms with Gasteiger partial charge in [-0.2, -0.15) is 8.42 Å². The highest BCUT2D eigenvalue weighted by atomic mass is 32.2. The van der Waals surface area contributed by atoms with Crippen molar-refractivity contribution in [2.45, 2.75) is 43.1 Å². The van der Waals surface area contributed by atoms with Crippen LogP contribution >= 0.6 is 0 Å². The van der Waals surface area contributed by atoms with E-state index in [9.17, 15) is 13.5 Å². The van der Waals surface area contributed by atoms with E-state index in [-0.39, 0.29) is 11.5 Å². The van der Waals surface area contributed by atoms with E-state index in [2.05, 4.69) is 0 Å². The first-order valence-corrected chi connectivity index (χ1v) is 7.51. The monoisotopic (exact) mass is 270 g/mol. The highest BCUT2D eigenvalue weighted by Crippen LogP contribution is 2.30. The number of hydrogen-bond acceptors (Lipinski definition) is 4. The average molecular weight is 270 g/mol. The minimum Gasteiger partial charge on any atom is -0.387 e. The third kappa shape index (κ3) is 3.10. The molecule has 1 aliphatic carbocycles. The highest BCUT2D eigenvalue weighted by molar-refractivity contribution is 7.86. The Morgan fingerprint density at radius 3 is 2.33 bits per heavy atom. The lowest BCUT2D eigenvalue weighted by atomic mass is 10.1. The van der Waals surface area contributed by atoms with Gasteiger partial charge in [0.2, 0.25) is 0 Å². The summed E-state index contributed by atoms with van der Waals surface area (Å²) in [7, 11) is -3.76. The van der Waals surface area contributed by atoms with Gasteiger partial charge in [0.15, 0.2) is 0 Å². The molecule has 100 valence electrons. The standard InChI is InChI=1S/C13H18O4S/c1-11-4-6-12(7-5-11)18(15,16)17-10-13(14)8-2-3-9-13/h4-7,14H,2-3,8-10H2,1H3. The quantitative estimate of drug-likeness (QED) is 0.850. The van der Waals surface area contributed by atoms with Crippen LogP contribution in [0.25, 0.3) is 0 Å². The Morgan fingerprint density at radius 1 is 1.22 bits per heavy atom. The SMILES string of the molecule is Cc1ccc(S(=O)(=O)OCC2(O)CCCC2)cc1. The molecule has 1 aromatic rings. The highest BCUT2D eigenvalue weighted by Gasteiger charge is 2.33. The zero-order chi connectivity index (χ0) is 13.2. The summed E-state index contributed by atoms with van der Waals surface area (Å²) in [4.78, 5) is 0.134. The van der Waals surface area contributed by atoms with E-state index in [1.54, 1.807) is 12.1 Å². The molecule has 1 saturated carbocycles. The Morgan fingerprint density at radius 2 is 1.78 bits per heavy atom. The van der Waals surface area contributed by atoms with Gasteiger partial charge in [-0.25, -0.2) is 0 Å². The average Bonchev–Trinajstić information content (AvgIpc) is 2.75. The fourth-order valence-corrected chi connectivity index (χ4v) is 3.12. The van der Waals surface area contributed by atoms with Gasteiger partial charge in [-0.1, -0.05) is 30.5 Å². The molecule has 1 aliphatic rings. The van der Waals surface area contributed by atoms with Crippen LogP contribution in [0.2, 0.25) is 0 Å². The minimum absolute atomic E-state index is 0.134. The summed E-state index contributed by atoms with van der Waals surface area (Å²) in [5, 5.41) is 10.1. The molecule has 0 spiro atoms. The third-order valence-electron chi connectivity index (χ3n) is 3.33. The molecule has 1 N–H and O–H groups in total. The van der Waals surface area contributed by atoms with Gasteiger partial charge in [-0.3, -0.25) is 4.18 Å². The van der Waals surface area contributed by atoms with Crippen LogP contribution in [0.15, 0.2) is 29.2 Å². The predicted molar refractivity (Wildman–Crippen MR) is 67.7 cm³/mol. The molecule has 1 fully saturated rings. The maximum absolute atomic E-state index is 11.9. The molecule has 0 bridgehead atoms. The number of hydrogen-bond donors (Lipinski definition) is 1. The zero-order valence-electron chi connectivity index (χ0n) is 10.4. The smallest absolute Gasteiger partial charge is 0.297 e. The van der Waals surface area contributed by atoms with E-state index in [0.29, 0.717) is 12.8 Å². The number of aryl methyl sites for hydroxylation is 1. The van der Waals surface area contributed by atoms with Gasteiger partial charge in [0.1, 0.15) is 0 Å². The van der Waals surface area contributed by atoms with Crippen LogP contribution in [-0.4, -0.2) is 25.7 Å². The van der Waals surface area contributed by atoms with Crippen molar-refractivity contribution in [3.8, 4) is 0 Å². The molecular formula is C13H18O4S. The molecule has 2 rings (SSSR count). The van der Waals surface area contributed by atoms with Gasteiger partial charge in [0.25, 0.3) is 10.1 Å². The summed E-state index contributed by atoms with van der Waals surface area (Å²) in [6.07, 6.45) is 3.06. The number of benzene rings is 1. The lowest BCUT2D eigenvalue weighted by molar-refractivity contribution is 0.00341. The first-order chi connectivity index (χ1) is 8.41. The Hall–Kier alpha value is -0.910. The molecule has 0 radical (unpaired) electrons. The van der Waals surface area contributed by atoms with Gasteiger partial charge in [0, 0.05) is 0 Å². The fraction of sp³-hybridized carbons (Fsp3) is 0.538. The van der Waals surface area contributed by atoms with Crippen molar-refractivity contribution < 1.29 is 17.7 Å². The van der Waals surface area contributed by atoms with E-state index in [1.807, 2.05) is 6.92 Å². The van der Waals surface area contributed by atoms with Gasteiger partial charge in [0.05, 0.1) is 17.1 Å². The molecule has 4 nitrogen and oxygen atoms in total. The Kier molecular flexibility index (Phi) is 3.75. The Bertz CT molecular complexity index is 498. The molecule has 0 unspecified atom stereocenters. The van der Waals surface area contributed by atoms with E-state index in [4.69, 9.17) is 4.18 Å². The Labute approximate surface area is 108 Å². The molecule has 0 aliphatic heterocycles. The third-order valence-corrected chi connectivity index (χ3v) is 4.60. The molecule has 5 heteroatoms. The topological polar surface area (TPSA) is 63.6 Å². The van der Waals surface area contributed by atoms with Crippen LogP contribution in [-0.2, 0) is 14.3 Å². The van der Waals surface area contributed by atoms with Crippen LogP contribution in [0, 0.1) is 6.92 Å². The van der Waals surface area contributed by atoms with Crippen molar-refractivity contribution in [3.63, 3.8) is 0 Å². The second-order valence-corrected chi connectivity index (χ2v) is 6.58. The van der Waals surface area contributed by atoms with Crippen molar-refractivity contribution >= 4 is 10.1 Å². The van der Waals surface area contributed by atoms with Gasteiger partial charge in [-0.05, 0) is 31.9 Å². The van der Waals surface area contributed by atoms with Crippen molar-refractivity contribution in [2.24, 2.45) is 0 Å². The van der Waals surface area contributed by atoms with Crippen LogP contribution in [0.3, 0.4) is 0 Å². The molecule has 0 heterocycles. The number of rotatable bonds is 4. The van der Waals surface area contributed by atoms with Gasteiger partial charge < -0.3 is 5.11 Å². The summed E-state index contributed by atoms with van der Waals surface area (Å²) in [5.74, 6) is 0. The lowest BCUT2D eigenvalue weighted by Crippen LogP contribution is -2.32. The second-order valence-electron chi connectivity index (χ2n) is 4.96. The summed E-state index contributed by atoms with van der Waals surface area (Å²) < 4.78 is 28.8.